The van der Waals surface area contributed by atoms with Crippen LogP contribution in [-0.2, 0) is 0 Å². The third-order valence-corrected chi connectivity index (χ3v) is 12.9. The lowest BCUT2D eigenvalue weighted by Crippen LogP contribution is -1.98. The number of para-hydroxylation sites is 2. The number of fused-ring (bicyclic) bond motifs is 10. The molecule has 0 aliphatic carbocycles. The molecule has 0 amide bonds. The van der Waals surface area contributed by atoms with Gasteiger partial charge in [0.2, 0.25) is 0 Å². The van der Waals surface area contributed by atoms with Gasteiger partial charge in [-0.1, -0.05) is 91.0 Å². The molecular weight excluding hydrogens is 755 g/mol. The Bertz CT molecular complexity index is 3820. The maximum absolute atomic E-state index is 6.42. The van der Waals surface area contributed by atoms with Crippen molar-refractivity contribution >= 4 is 87.2 Å². The topological polar surface area (TPSA) is 57.0 Å². The maximum atomic E-state index is 6.42. The van der Waals surface area contributed by atoms with E-state index in [9.17, 15) is 0 Å². The Hall–Kier alpha value is -7.80. The molecule has 0 N–H and O–H groups in total. The lowest BCUT2D eigenvalue weighted by molar-refractivity contribution is 0.668. The summed E-state index contributed by atoms with van der Waals surface area (Å²) in [4.78, 5) is 10.1. The van der Waals surface area contributed by atoms with Crippen molar-refractivity contribution in [2.24, 2.45) is 0 Å². The monoisotopic (exact) mass is 785 g/mol. The van der Waals surface area contributed by atoms with Crippen LogP contribution in [0.25, 0.3) is 126 Å². The van der Waals surface area contributed by atoms with E-state index < -0.39 is 0 Å². The van der Waals surface area contributed by atoms with Gasteiger partial charge < -0.3 is 8.83 Å². The molecule has 0 radical (unpaired) electrons. The Morgan fingerprint density at radius 1 is 0.367 bits per heavy atom. The molecule has 0 unspecified atom stereocenters. The minimum absolute atomic E-state index is 0.866. The summed E-state index contributed by atoms with van der Waals surface area (Å²) in [7, 11) is 0. The molecule has 0 fully saturated rings. The van der Waals surface area contributed by atoms with E-state index in [0.717, 1.165) is 110 Å². The molecule has 8 aromatic carbocycles. The SMILES string of the molecule is c1ccc(-c2cccc(-n3c4ccccc4c4cc(-c5ccc6oc7ccc(-c8ccc9oc%10ccc(-c%11nc%12ccccc%12s%11)cc%10c9c8)cc7c6c5)ccc43)n2)cc1. The normalized spacial score (nSPS) is 12.0. The van der Waals surface area contributed by atoms with Crippen molar-refractivity contribution in [1.29, 1.82) is 0 Å². The minimum Gasteiger partial charge on any atom is -0.456 e. The summed E-state index contributed by atoms with van der Waals surface area (Å²) in [5.74, 6) is 0.895. The second-order valence-corrected chi connectivity index (χ2v) is 16.4. The molecule has 60 heavy (non-hydrogen) atoms. The minimum atomic E-state index is 0.866. The predicted molar refractivity (Wildman–Crippen MR) is 248 cm³/mol. The van der Waals surface area contributed by atoms with E-state index in [1.54, 1.807) is 11.3 Å². The van der Waals surface area contributed by atoms with E-state index in [4.69, 9.17) is 18.8 Å². The Balaban J connectivity index is 0.895. The van der Waals surface area contributed by atoms with Crippen LogP contribution in [0.3, 0.4) is 0 Å². The Morgan fingerprint density at radius 3 is 1.57 bits per heavy atom. The first-order valence-corrected chi connectivity index (χ1v) is 20.9. The van der Waals surface area contributed by atoms with Gasteiger partial charge >= 0.3 is 0 Å². The van der Waals surface area contributed by atoms with Gasteiger partial charge in [0, 0.05) is 43.4 Å². The van der Waals surface area contributed by atoms with Crippen molar-refractivity contribution < 1.29 is 8.83 Å². The maximum Gasteiger partial charge on any atom is 0.138 e. The molecular formula is C54H31N3O2S. The lowest BCUT2D eigenvalue weighted by Gasteiger charge is -2.09. The molecule has 6 heteroatoms. The zero-order chi connectivity index (χ0) is 39.3. The molecule has 0 bridgehead atoms. The molecule has 0 aliphatic heterocycles. The van der Waals surface area contributed by atoms with Gasteiger partial charge in [0.1, 0.15) is 33.2 Å². The third-order valence-electron chi connectivity index (χ3n) is 11.9. The number of hydrogen-bond acceptors (Lipinski definition) is 5. The van der Waals surface area contributed by atoms with Crippen LogP contribution >= 0.6 is 11.3 Å². The fourth-order valence-corrected chi connectivity index (χ4v) is 9.90. The van der Waals surface area contributed by atoms with Gasteiger partial charge in [0.25, 0.3) is 0 Å². The van der Waals surface area contributed by atoms with Crippen molar-refractivity contribution in [3.63, 3.8) is 0 Å². The summed E-state index contributed by atoms with van der Waals surface area (Å²) >= 11 is 1.72. The van der Waals surface area contributed by atoms with Crippen LogP contribution in [-0.4, -0.2) is 14.5 Å². The van der Waals surface area contributed by atoms with Crippen LogP contribution in [0, 0.1) is 0 Å². The van der Waals surface area contributed by atoms with Gasteiger partial charge in [0.15, 0.2) is 0 Å². The molecule has 0 aliphatic rings. The van der Waals surface area contributed by atoms with Crippen LogP contribution in [0.5, 0.6) is 0 Å². The largest absolute Gasteiger partial charge is 0.456 e. The van der Waals surface area contributed by atoms with E-state index in [2.05, 4.69) is 180 Å². The van der Waals surface area contributed by atoms with E-state index in [1.807, 2.05) is 12.1 Å². The second-order valence-electron chi connectivity index (χ2n) is 15.4. The van der Waals surface area contributed by atoms with Crippen molar-refractivity contribution in [3.05, 3.63) is 188 Å². The van der Waals surface area contributed by atoms with Crippen LogP contribution in [0.2, 0.25) is 0 Å². The summed E-state index contributed by atoms with van der Waals surface area (Å²) in [5, 5.41) is 7.72. The molecule has 0 saturated carbocycles. The fraction of sp³-hybridized carbons (Fsp3) is 0. The van der Waals surface area contributed by atoms with Crippen molar-refractivity contribution in [1.82, 2.24) is 14.5 Å². The average molecular weight is 786 g/mol. The molecule has 0 atom stereocenters. The van der Waals surface area contributed by atoms with Gasteiger partial charge in [-0.25, -0.2) is 9.97 Å². The van der Waals surface area contributed by atoms with Crippen molar-refractivity contribution in [3.8, 4) is 49.9 Å². The highest BCUT2D eigenvalue weighted by Gasteiger charge is 2.17. The number of furan rings is 2. The summed E-state index contributed by atoms with van der Waals surface area (Å²) in [6.45, 7) is 0. The number of aromatic nitrogens is 3. The highest BCUT2D eigenvalue weighted by Crippen LogP contribution is 2.40. The number of hydrogen-bond donors (Lipinski definition) is 0. The molecule has 5 aromatic heterocycles. The Kier molecular flexibility index (Phi) is 7.11. The first kappa shape index (κ1) is 33.2. The van der Waals surface area contributed by atoms with Crippen LogP contribution in [0.4, 0.5) is 0 Å². The Labute approximate surface area is 347 Å². The second kappa shape index (κ2) is 12.9. The summed E-state index contributed by atoms with van der Waals surface area (Å²) in [6, 6.07) is 66.2. The van der Waals surface area contributed by atoms with E-state index in [1.165, 1.54) is 15.5 Å². The molecule has 13 rings (SSSR count). The third kappa shape index (κ3) is 5.18. The van der Waals surface area contributed by atoms with Crippen molar-refractivity contribution in [2.45, 2.75) is 0 Å². The van der Waals surface area contributed by atoms with Crippen molar-refractivity contribution in [2.75, 3.05) is 0 Å². The number of benzene rings is 8. The number of rotatable bonds is 5. The molecule has 5 nitrogen and oxygen atoms in total. The highest BCUT2D eigenvalue weighted by atomic mass is 32.1. The standard InChI is InChI=1S/C54H31N3O2S/c1-2-9-32(10-3-1)44-13-8-16-53(55-44)57-46-14-6-4-11-38(46)39-27-33(17-22-47(39)57)34-18-23-48-40(28-34)41-29-35(19-24-49(41)58-48)36-20-25-50-42(30-36)43-31-37(21-26-51(43)59-50)54-56-45-12-5-7-15-52(45)60-54/h1-31H. The Morgan fingerprint density at radius 2 is 0.900 bits per heavy atom. The van der Waals surface area contributed by atoms with Crippen LogP contribution in [0.15, 0.2) is 197 Å². The first-order chi connectivity index (χ1) is 29.7. The molecule has 13 aromatic rings. The first-order valence-electron chi connectivity index (χ1n) is 20.0. The molecule has 280 valence electrons. The van der Waals surface area contributed by atoms with E-state index >= 15 is 0 Å². The van der Waals surface area contributed by atoms with Crippen LogP contribution < -0.4 is 0 Å². The quantitative estimate of drug-likeness (QED) is 0.174. The predicted octanol–water partition coefficient (Wildman–Crippen LogP) is 15.3. The smallest absolute Gasteiger partial charge is 0.138 e. The molecule has 0 spiro atoms. The van der Waals surface area contributed by atoms with Gasteiger partial charge in [-0.05, 0) is 119 Å². The van der Waals surface area contributed by atoms with Gasteiger partial charge in [-0.15, -0.1) is 11.3 Å². The summed E-state index contributed by atoms with van der Waals surface area (Å²) in [5.41, 5.74) is 14.4. The zero-order valence-corrected chi connectivity index (χ0v) is 32.8. The van der Waals surface area contributed by atoms with E-state index in [-0.39, 0.29) is 0 Å². The fourth-order valence-electron chi connectivity index (χ4n) is 8.94. The van der Waals surface area contributed by atoms with Gasteiger partial charge in [-0.2, -0.15) is 0 Å². The number of pyridine rings is 1. The number of thiazole rings is 1. The van der Waals surface area contributed by atoms with Crippen LogP contribution in [0.1, 0.15) is 0 Å². The summed E-state index contributed by atoms with van der Waals surface area (Å²) in [6.07, 6.45) is 0. The molecule has 0 saturated heterocycles. The zero-order valence-electron chi connectivity index (χ0n) is 32.0. The summed E-state index contributed by atoms with van der Waals surface area (Å²) < 4.78 is 16.2. The van der Waals surface area contributed by atoms with Gasteiger partial charge in [-0.3, -0.25) is 4.57 Å². The molecule has 5 heterocycles. The lowest BCUT2D eigenvalue weighted by atomic mass is 9.98. The highest BCUT2D eigenvalue weighted by molar-refractivity contribution is 7.21. The number of nitrogens with zero attached hydrogens (tertiary/aromatic N) is 3. The van der Waals surface area contributed by atoms with Gasteiger partial charge in [0.05, 0.1) is 26.9 Å². The van der Waals surface area contributed by atoms with E-state index in [0.29, 0.717) is 0 Å². The average Bonchev–Trinajstić information content (AvgIpc) is 4.09.